The van der Waals surface area contributed by atoms with Gasteiger partial charge in [-0.2, -0.15) is 13.2 Å². The van der Waals surface area contributed by atoms with E-state index >= 15 is 0 Å². The van der Waals surface area contributed by atoms with Gasteiger partial charge in [0.05, 0.1) is 12.2 Å². The summed E-state index contributed by atoms with van der Waals surface area (Å²) in [5, 5.41) is 17.1. The number of hydrogen-bond acceptors (Lipinski definition) is 4. The first-order valence-electron chi connectivity index (χ1n) is 4.41. The van der Waals surface area contributed by atoms with Crippen LogP contribution < -0.4 is 0 Å². The van der Waals surface area contributed by atoms with E-state index in [9.17, 15) is 18.0 Å². The van der Waals surface area contributed by atoms with E-state index in [1.807, 2.05) is 0 Å². The highest BCUT2D eigenvalue weighted by atomic mass is 32.2. The number of carboxylic acids is 1. The molecule has 0 aliphatic rings. The van der Waals surface area contributed by atoms with E-state index in [4.69, 9.17) is 10.2 Å². The van der Waals surface area contributed by atoms with Crippen LogP contribution in [0.3, 0.4) is 0 Å². The number of carbonyl (C=O) groups is 1. The van der Waals surface area contributed by atoms with Crippen molar-refractivity contribution in [1.29, 1.82) is 0 Å². The monoisotopic (exact) mass is 267 g/mol. The Labute approximate surface area is 98.5 Å². The molecule has 4 nitrogen and oxygen atoms in total. The van der Waals surface area contributed by atoms with Crippen LogP contribution in [-0.4, -0.2) is 33.5 Å². The number of aliphatic hydroxyl groups excluding tert-OH is 1. The second-order valence-electron chi connectivity index (χ2n) is 2.92. The molecule has 0 saturated heterocycles. The number of carboxylic acid groups (broad SMARTS) is 1. The Morgan fingerprint density at radius 1 is 1.41 bits per heavy atom. The van der Waals surface area contributed by atoms with Gasteiger partial charge in [-0.1, -0.05) is 0 Å². The lowest BCUT2D eigenvalue weighted by atomic mass is 10.2. The quantitative estimate of drug-likeness (QED) is 0.815. The number of nitrogens with zero attached hydrogens (tertiary/aromatic N) is 1. The summed E-state index contributed by atoms with van der Waals surface area (Å²) in [6.45, 7) is -0.276. The van der Waals surface area contributed by atoms with E-state index in [1.165, 1.54) is 0 Å². The third kappa shape index (κ3) is 3.60. The summed E-state index contributed by atoms with van der Waals surface area (Å²) in [4.78, 5) is 14.0. The van der Waals surface area contributed by atoms with Gasteiger partial charge in [0.15, 0.2) is 0 Å². The summed E-state index contributed by atoms with van der Waals surface area (Å²) < 4.78 is 37.1. The lowest BCUT2D eigenvalue weighted by molar-refractivity contribution is -0.141. The molecule has 2 N–H and O–H groups in total. The lowest BCUT2D eigenvalue weighted by Gasteiger charge is -2.09. The van der Waals surface area contributed by atoms with E-state index in [1.54, 1.807) is 0 Å². The molecule has 1 aromatic heterocycles. The van der Waals surface area contributed by atoms with Crippen molar-refractivity contribution in [1.82, 2.24) is 4.98 Å². The molecule has 0 radical (unpaired) electrons. The fraction of sp³-hybridized carbons (Fsp3) is 0.333. The Morgan fingerprint density at radius 3 is 2.53 bits per heavy atom. The zero-order valence-electron chi connectivity index (χ0n) is 8.36. The van der Waals surface area contributed by atoms with Crippen molar-refractivity contribution < 1.29 is 28.2 Å². The van der Waals surface area contributed by atoms with Gasteiger partial charge in [0.1, 0.15) is 10.7 Å². The first kappa shape index (κ1) is 13.8. The molecule has 0 aliphatic carbocycles. The molecule has 1 heterocycles. The third-order valence-electron chi connectivity index (χ3n) is 1.71. The van der Waals surface area contributed by atoms with Crippen molar-refractivity contribution in [3.05, 3.63) is 23.4 Å². The van der Waals surface area contributed by atoms with E-state index < -0.39 is 17.8 Å². The number of alkyl halides is 3. The van der Waals surface area contributed by atoms with Crippen LogP contribution in [0.15, 0.2) is 17.2 Å². The first-order valence-corrected chi connectivity index (χ1v) is 5.40. The molecule has 0 fully saturated rings. The van der Waals surface area contributed by atoms with E-state index in [0.29, 0.717) is 6.07 Å². The average Bonchev–Trinajstić information content (AvgIpc) is 2.24. The number of pyridine rings is 1. The van der Waals surface area contributed by atoms with Gasteiger partial charge in [0.25, 0.3) is 0 Å². The Hall–Kier alpha value is -1.28. The number of hydrogen-bond donors (Lipinski definition) is 2. The van der Waals surface area contributed by atoms with Crippen LogP contribution in [0, 0.1) is 0 Å². The Balaban J connectivity index is 3.14. The highest BCUT2D eigenvalue weighted by Gasteiger charge is 2.33. The van der Waals surface area contributed by atoms with Crippen LogP contribution in [0.1, 0.15) is 16.1 Å². The van der Waals surface area contributed by atoms with Gasteiger partial charge in [-0.05, 0) is 12.1 Å². The number of rotatable bonds is 4. The van der Waals surface area contributed by atoms with Crippen molar-refractivity contribution in [3.63, 3.8) is 0 Å². The van der Waals surface area contributed by atoms with Crippen LogP contribution in [0.25, 0.3) is 0 Å². The van der Waals surface area contributed by atoms with E-state index in [-0.39, 0.29) is 22.9 Å². The van der Waals surface area contributed by atoms with Crippen molar-refractivity contribution in [2.75, 3.05) is 12.4 Å². The van der Waals surface area contributed by atoms with Gasteiger partial charge in [-0.3, -0.25) is 0 Å². The second kappa shape index (κ2) is 5.37. The highest BCUT2D eigenvalue weighted by molar-refractivity contribution is 7.99. The number of aliphatic hydroxyl groups is 1. The predicted molar refractivity (Wildman–Crippen MR) is 54.0 cm³/mol. The maximum Gasteiger partial charge on any atom is 0.433 e. The Morgan fingerprint density at radius 2 is 2.06 bits per heavy atom. The zero-order valence-corrected chi connectivity index (χ0v) is 9.18. The SMILES string of the molecule is O=C(O)c1ccc(C(F)(F)F)nc1SCCO. The molecule has 0 aromatic carbocycles. The summed E-state index contributed by atoms with van der Waals surface area (Å²) in [7, 11) is 0. The molecule has 0 atom stereocenters. The molecule has 0 saturated carbocycles. The largest absolute Gasteiger partial charge is 0.478 e. The summed E-state index contributed by atoms with van der Waals surface area (Å²) in [6.07, 6.45) is -4.62. The van der Waals surface area contributed by atoms with Crippen LogP contribution in [0.5, 0.6) is 0 Å². The van der Waals surface area contributed by atoms with Crippen molar-refractivity contribution in [3.8, 4) is 0 Å². The number of thioether (sulfide) groups is 1. The molecule has 1 rings (SSSR count). The molecular weight excluding hydrogens is 259 g/mol. The second-order valence-corrected chi connectivity index (χ2v) is 4.01. The maximum atomic E-state index is 12.4. The number of aromatic nitrogens is 1. The van der Waals surface area contributed by atoms with Gasteiger partial charge < -0.3 is 10.2 Å². The topological polar surface area (TPSA) is 70.4 Å². The number of aromatic carboxylic acids is 1. The molecule has 0 bridgehead atoms. The van der Waals surface area contributed by atoms with Crippen molar-refractivity contribution >= 4 is 17.7 Å². The van der Waals surface area contributed by atoms with Crippen LogP contribution >= 0.6 is 11.8 Å². The lowest BCUT2D eigenvalue weighted by Crippen LogP contribution is -2.11. The molecule has 0 aliphatic heterocycles. The molecule has 0 unspecified atom stereocenters. The molecule has 94 valence electrons. The fourth-order valence-electron chi connectivity index (χ4n) is 1.01. The summed E-state index contributed by atoms with van der Waals surface area (Å²) in [6, 6.07) is 1.48. The van der Waals surface area contributed by atoms with Crippen molar-refractivity contribution in [2.24, 2.45) is 0 Å². The third-order valence-corrected chi connectivity index (χ3v) is 2.68. The summed E-state index contributed by atoms with van der Waals surface area (Å²) in [5.41, 5.74) is -1.46. The van der Waals surface area contributed by atoms with E-state index in [0.717, 1.165) is 17.8 Å². The molecule has 0 spiro atoms. The molecular formula is C9H8F3NO3S. The smallest absolute Gasteiger partial charge is 0.433 e. The van der Waals surface area contributed by atoms with Crippen LogP contribution in [0.4, 0.5) is 13.2 Å². The van der Waals surface area contributed by atoms with Crippen molar-refractivity contribution in [2.45, 2.75) is 11.2 Å². The van der Waals surface area contributed by atoms with E-state index in [2.05, 4.69) is 4.98 Å². The zero-order chi connectivity index (χ0) is 13.1. The Kier molecular flexibility index (Phi) is 4.35. The molecule has 0 amide bonds. The van der Waals surface area contributed by atoms with Gasteiger partial charge in [-0.15, -0.1) is 11.8 Å². The summed E-state index contributed by atoms with van der Waals surface area (Å²) in [5.74, 6) is -1.28. The fourth-order valence-corrected chi connectivity index (χ4v) is 1.77. The highest BCUT2D eigenvalue weighted by Crippen LogP contribution is 2.30. The van der Waals surface area contributed by atoms with Crippen LogP contribution in [-0.2, 0) is 6.18 Å². The standard InChI is InChI=1S/C9H8F3NO3S/c10-9(11,12)6-2-1-5(8(15)16)7(13-6)17-4-3-14/h1-2,14H,3-4H2,(H,15,16). The maximum absolute atomic E-state index is 12.4. The van der Waals surface area contributed by atoms with Gasteiger partial charge in [0, 0.05) is 5.75 Å². The first-order chi connectivity index (χ1) is 7.86. The van der Waals surface area contributed by atoms with Gasteiger partial charge in [0.2, 0.25) is 0 Å². The Bertz CT molecular complexity index is 422. The van der Waals surface area contributed by atoms with Gasteiger partial charge >= 0.3 is 12.1 Å². The number of halogens is 3. The molecule has 17 heavy (non-hydrogen) atoms. The molecule has 8 heteroatoms. The van der Waals surface area contributed by atoms with Gasteiger partial charge in [-0.25, -0.2) is 9.78 Å². The minimum atomic E-state index is -4.62. The normalized spacial score (nSPS) is 11.5. The minimum Gasteiger partial charge on any atom is -0.478 e. The summed E-state index contributed by atoms with van der Waals surface area (Å²) >= 11 is 0.764. The predicted octanol–water partition coefficient (Wildman–Crippen LogP) is 1.88. The minimum absolute atomic E-state index is 0.0780. The average molecular weight is 267 g/mol. The van der Waals surface area contributed by atoms with Crippen LogP contribution in [0.2, 0.25) is 0 Å². The molecule has 1 aromatic rings.